The van der Waals surface area contributed by atoms with Crippen LogP contribution in [0, 0.1) is 0 Å². The van der Waals surface area contributed by atoms with Gasteiger partial charge in [-0.05, 0) is 49.6 Å². The Morgan fingerprint density at radius 3 is 2.62 bits per heavy atom. The molecule has 29 heavy (non-hydrogen) atoms. The minimum atomic E-state index is -0.221. The van der Waals surface area contributed by atoms with Crippen molar-refractivity contribution in [3.63, 3.8) is 0 Å². The lowest BCUT2D eigenvalue weighted by atomic mass is 10.1. The molecule has 0 spiro atoms. The number of carbonyl (C=O) groups is 1. The van der Waals surface area contributed by atoms with Crippen LogP contribution in [0.25, 0.3) is 11.0 Å². The van der Waals surface area contributed by atoms with Crippen molar-refractivity contribution in [1.82, 2.24) is 14.5 Å². The zero-order valence-corrected chi connectivity index (χ0v) is 17.2. The number of anilines is 1. The maximum Gasteiger partial charge on any atom is 0.409 e. The summed E-state index contributed by atoms with van der Waals surface area (Å²) in [5, 5.41) is 4.34. The highest BCUT2D eigenvalue weighted by Gasteiger charge is 2.24. The molecule has 3 aromatic rings. The van der Waals surface area contributed by atoms with E-state index in [9.17, 15) is 4.79 Å². The van der Waals surface area contributed by atoms with Crippen molar-refractivity contribution in [2.24, 2.45) is 0 Å². The Morgan fingerprint density at radius 1 is 1.17 bits per heavy atom. The van der Waals surface area contributed by atoms with E-state index in [0.717, 1.165) is 40.4 Å². The molecule has 0 atom stereocenters. The largest absolute Gasteiger partial charge is 0.450 e. The van der Waals surface area contributed by atoms with Crippen molar-refractivity contribution in [1.29, 1.82) is 0 Å². The summed E-state index contributed by atoms with van der Waals surface area (Å²) in [6.07, 6.45) is 1.51. The van der Waals surface area contributed by atoms with E-state index in [2.05, 4.69) is 16.0 Å². The third kappa shape index (κ3) is 4.48. The molecular weight excluding hydrogens is 388 g/mol. The summed E-state index contributed by atoms with van der Waals surface area (Å²) in [4.78, 5) is 18.5. The molecule has 1 amide bonds. The second-order valence-corrected chi connectivity index (χ2v) is 7.68. The SMILES string of the molecule is CCOC(=O)N1CCC(Nc2nc3ccccc3n2Cc2ccc(Cl)cc2)CC1. The van der Waals surface area contributed by atoms with Crippen LogP contribution in [-0.4, -0.2) is 46.3 Å². The molecule has 6 nitrogen and oxygen atoms in total. The van der Waals surface area contributed by atoms with Gasteiger partial charge >= 0.3 is 6.09 Å². The van der Waals surface area contributed by atoms with Gasteiger partial charge in [-0.3, -0.25) is 0 Å². The predicted molar refractivity (Wildman–Crippen MR) is 116 cm³/mol. The second kappa shape index (κ2) is 8.74. The standard InChI is InChI=1S/C22H25ClN4O2/c1-2-29-22(28)26-13-11-18(12-14-26)24-21-25-19-5-3-4-6-20(19)27(21)15-16-7-9-17(23)10-8-16/h3-10,18H,2,11-15H2,1H3,(H,24,25). The second-order valence-electron chi connectivity index (χ2n) is 7.24. The zero-order valence-electron chi connectivity index (χ0n) is 16.5. The maximum atomic E-state index is 11.9. The number of aromatic nitrogens is 2. The Kier molecular flexibility index (Phi) is 5.90. The highest BCUT2D eigenvalue weighted by atomic mass is 35.5. The van der Waals surface area contributed by atoms with E-state index in [4.69, 9.17) is 21.3 Å². The van der Waals surface area contributed by atoms with Crippen LogP contribution in [0.4, 0.5) is 10.7 Å². The van der Waals surface area contributed by atoms with Crippen molar-refractivity contribution in [2.75, 3.05) is 25.0 Å². The van der Waals surface area contributed by atoms with Crippen molar-refractivity contribution >= 4 is 34.7 Å². The number of halogens is 1. The summed E-state index contributed by atoms with van der Waals surface area (Å²) in [5.74, 6) is 0.857. The van der Waals surface area contributed by atoms with Crippen LogP contribution in [0.5, 0.6) is 0 Å². The summed E-state index contributed by atoms with van der Waals surface area (Å²) in [6.45, 7) is 4.33. The third-order valence-corrected chi connectivity index (χ3v) is 5.51. The molecule has 7 heteroatoms. The van der Waals surface area contributed by atoms with Gasteiger partial charge in [0, 0.05) is 24.2 Å². The molecule has 0 aliphatic carbocycles. The van der Waals surface area contributed by atoms with Gasteiger partial charge in [0.05, 0.1) is 24.2 Å². The lowest BCUT2D eigenvalue weighted by Crippen LogP contribution is -2.42. The predicted octanol–water partition coefficient (Wildman–Crippen LogP) is 4.77. The molecule has 1 N–H and O–H groups in total. The van der Waals surface area contributed by atoms with Crippen LogP contribution in [0.1, 0.15) is 25.3 Å². The third-order valence-electron chi connectivity index (χ3n) is 5.26. The molecule has 1 aliphatic heterocycles. The van der Waals surface area contributed by atoms with Gasteiger partial charge < -0.3 is 19.5 Å². The molecule has 4 rings (SSSR count). The zero-order chi connectivity index (χ0) is 20.2. The molecule has 1 fully saturated rings. The van der Waals surface area contributed by atoms with Gasteiger partial charge in [-0.25, -0.2) is 9.78 Å². The Hall–Kier alpha value is -2.73. The highest BCUT2D eigenvalue weighted by molar-refractivity contribution is 6.30. The summed E-state index contributed by atoms with van der Waals surface area (Å²) >= 11 is 6.03. The molecule has 1 aliphatic rings. The average Bonchev–Trinajstić information content (AvgIpc) is 3.07. The molecule has 0 unspecified atom stereocenters. The summed E-state index contributed by atoms with van der Waals surface area (Å²) in [5.41, 5.74) is 3.22. The van der Waals surface area contributed by atoms with Gasteiger partial charge in [-0.15, -0.1) is 0 Å². The van der Waals surface area contributed by atoms with E-state index >= 15 is 0 Å². The number of ether oxygens (including phenoxy) is 1. The van der Waals surface area contributed by atoms with E-state index in [1.807, 2.05) is 49.4 Å². The fourth-order valence-corrected chi connectivity index (χ4v) is 3.85. The number of rotatable bonds is 5. The molecule has 0 radical (unpaired) electrons. The summed E-state index contributed by atoms with van der Waals surface area (Å²) < 4.78 is 7.31. The summed E-state index contributed by atoms with van der Waals surface area (Å²) in [7, 11) is 0. The van der Waals surface area contributed by atoms with Crippen LogP contribution >= 0.6 is 11.6 Å². The quantitative estimate of drug-likeness (QED) is 0.655. The minimum absolute atomic E-state index is 0.221. The fourth-order valence-electron chi connectivity index (χ4n) is 3.72. The number of likely N-dealkylation sites (tertiary alicyclic amines) is 1. The Balaban J connectivity index is 1.51. The average molecular weight is 413 g/mol. The first kappa shape index (κ1) is 19.6. The number of piperidine rings is 1. The van der Waals surface area contributed by atoms with Crippen LogP contribution in [0.15, 0.2) is 48.5 Å². The van der Waals surface area contributed by atoms with Crippen LogP contribution in [0.3, 0.4) is 0 Å². The highest BCUT2D eigenvalue weighted by Crippen LogP contribution is 2.24. The van der Waals surface area contributed by atoms with Gasteiger partial charge in [-0.1, -0.05) is 35.9 Å². The van der Waals surface area contributed by atoms with Crippen LogP contribution in [0.2, 0.25) is 5.02 Å². The molecule has 152 valence electrons. The monoisotopic (exact) mass is 412 g/mol. The molecule has 0 bridgehead atoms. The van der Waals surface area contributed by atoms with E-state index < -0.39 is 0 Å². The Labute approximate surface area is 175 Å². The number of nitrogens with zero attached hydrogens (tertiary/aromatic N) is 3. The number of fused-ring (bicyclic) bond motifs is 1. The van der Waals surface area contributed by atoms with Gasteiger partial charge in [0.15, 0.2) is 0 Å². The number of amides is 1. The van der Waals surface area contributed by atoms with Crippen molar-refractivity contribution in [3.8, 4) is 0 Å². The fraction of sp³-hybridized carbons (Fsp3) is 0.364. The molecule has 2 heterocycles. The molecule has 0 saturated carbocycles. The first-order valence-electron chi connectivity index (χ1n) is 10.0. The molecule has 2 aromatic carbocycles. The van der Waals surface area contributed by atoms with Gasteiger partial charge in [-0.2, -0.15) is 0 Å². The van der Waals surface area contributed by atoms with Crippen LogP contribution < -0.4 is 5.32 Å². The smallest absolute Gasteiger partial charge is 0.409 e. The normalized spacial score (nSPS) is 14.9. The first-order chi connectivity index (χ1) is 14.1. The van der Waals surface area contributed by atoms with Gasteiger partial charge in [0.25, 0.3) is 0 Å². The van der Waals surface area contributed by atoms with E-state index in [1.54, 1.807) is 4.90 Å². The lowest BCUT2D eigenvalue weighted by molar-refractivity contribution is 0.0983. The van der Waals surface area contributed by atoms with Crippen LogP contribution in [-0.2, 0) is 11.3 Å². The van der Waals surface area contributed by atoms with Crippen molar-refractivity contribution in [2.45, 2.75) is 32.4 Å². The van der Waals surface area contributed by atoms with E-state index in [1.165, 1.54) is 0 Å². The lowest BCUT2D eigenvalue weighted by Gasteiger charge is -2.32. The number of imidazole rings is 1. The number of nitrogens with one attached hydrogen (secondary N) is 1. The minimum Gasteiger partial charge on any atom is -0.450 e. The molecule has 1 saturated heterocycles. The molecule has 1 aromatic heterocycles. The summed E-state index contributed by atoms with van der Waals surface area (Å²) in [6, 6.07) is 16.3. The Morgan fingerprint density at radius 2 is 1.90 bits per heavy atom. The van der Waals surface area contributed by atoms with Gasteiger partial charge in [0.2, 0.25) is 5.95 Å². The van der Waals surface area contributed by atoms with E-state index in [0.29, 0.717) is 26.2 Å². The number of benzene rings is 2. The number of hydrogen-bond donors (Lipinski definition) is 1. The number of carbonyl (C=O) groups excluding carboxylic acids is 1. The maximum absolute atomic E-state index is 11.9. The first-order valence-corrected chi connectivity index (χ1v) is 10.4. The van der Waals surface area contributed by atoms with E-state index in [-0.39, 0.29) is 12.1 Å². The topological polar surface area (TPSA) is 59.4 Å². The number of hydrogen-bond acceptors (Lipinski definition) is 4. The number of para-hydroxylation sites is 2. The molecular formula is C22H25ClN4O2. The van der Waals surface area contributed by atoms with Crippen molar-refractivity contribution < 1.29 is 9.53 Å². The van der Waals surface area contributed by atoms with Gasteiger partial charge in [0.1, 0.15) is 0 Å². The Bertz CT molecular complexity index is 978. The van der Waals surface area contributed by atoms with Crippen molar-refractivity contribution in [3.05, 3.63) is 59.1 Å².